The second-order valence-corrected chi connectivity index (χ2v) is 17.8. The van der Waals surface area contributed by atoms with Gasteiger partial charge in [-0.1, -0.05) is 103 Å². The lowest BCUT2D eigenvalue weighted by molar-refractivity contribution is -0.0660. The van der Waals surface area contributed by atoms with E-state index in [0.717, 1.165) is 25.3 Å². The second-order valence-electron chi connectivity index (χ2n) is 14.9. The molecule has 320 valence electrons. The highest BCUT2D eigenvalue weighted by Gasteiger charge is 2.57. The van der Waals surface area contributed by atoms with E-state index < -0.39 is 49.2 Å². The fourth-order valence-corrected chi connectivity index (χ4v) is 8.19. The molecule has 0 saturated carbocycles. The van der Waals surface area contributed by atoms with Gasteiger partial charge in [-0.15, -0.1) is 0 Å². The minimum Gasteiger partial charge on any atom is -0.387 e. The summed E-state index contributed by atoms with van der Waals surface area (Å²) < 4.78 is 44.3. The zero-order valence-electron chi connectivity index (χ0n) is 33.6. The molecule has 0 aliphatic carbocycles. The number of fused-ring (bicyclic) bond motifs is 1. The molecular weight excluding hydrogens is 787 g/mol. The Hall–Kier alpha value is -3.12. The number of aliphatic hydroxyl groups is 2. The summed E-state index contributed by atoms with van der Waals surface area (Å²) in [5, 5.41) is 45.4. The summed E-state index contributed by atoms with van der Waals surface area (Å²) in [6, 6.07) is 10.8. The van der Waals surface area contributed by atoms with Gasteiger partial charge in [0.1, 0.15) is 48.1 Å². The highest BCUT2D eigenvalue weighted by atomic mass is 32.5. The van der Waals surface area contributed by atoms with Crippen molar-refractivity contribution in [3.05, 3.63) is 59.3 Å². The van der Waals surface area contributed by atoms with Gasteiger partial charge in [0, 0.05) is 6.61 Å². The summed E-state index contributed by atoms with van der Waals surface area (Å²) in [6.45, 7) is -2.05. The van der Waals surface area contributed by atoms with Gasteiger partial charge in [-0.3, -0.25) is 0 Å². The van der Waals surface area contributed by atoms with Gasteiger partial charge in [0.2, 0.25) is 5.60 Å². The largest absolute Gasteiger partial charge is 0.387 e. The van der Waals surface area contributed by atoms with E-state index >= 15 is 0 Å². The minimum atomic E-state index is -4.00. The average Bonchev–Trinajstić information content (AvgIpc) is 3.76. The molecule has 14 nitrogen and oxygen atoms in total. The lowest BCUT2D eigenvalue weighted by atomic mass is 9.92. The quantitative estimate of drug-likeness (QED) is 0.0400. The molecule has 58 heavy (non-hydrogen) atoms. The molecule has 0 amide bonds. The molecule has 1 aliphatic rings. The van der Waals surface area contributed by atoms with E-state index in [-0.39, 0.29) is 36.9 Å². The summed E-state index contributed by atoms with van der Waals surface area (Å²) in [7, 11) is 0. The van der Waals surface area contributed by atoms with Crippen LogP contribution in [-0.4, -0.2) is 80.5 Å². The van der Waals surface area contributed by atoms with E-state index in [4.69, 9.17) is 40.8 Å². The van der Waals surface area contributed by atoms with E-state index in [0.29, 0.717) is 17.7 Å². The van der Waals surface area contributed by atoms with Crippen molar-refractivity contribution in [3.8, 4) is 12.1 Å². The third kappa shape index (κ3) is 14.6. The van der Waals surface area contributed by atoms with Crippen LogP contribution in [0.1, 0.15) is 126 Å². The van der Waals surface area contributed by atoms with Crippen molar-refractivity contribution in [2.24, 2.45) is 0 Å². The number of aliphatic hydroxyl groups excluding tert-OH is 2. The standard InChI is InChI=1S/C41H60FN6O8PS/c1-2-3-4-5-6-7-8-9-10-11-12-13-14-15-16-17-20-52-26-34(53-25-32-21-31(24-43)22-33(42)23-32)27-54-57(51,58)55-28-36-38(49)39(50)41(29-44,56-36)37-19-18-35-40(45)46-30-47-48(35)37/h18-19,21-23,30,34,36,38-39,49-50H,2-17,20,25-28H2,1H3,(H,51,58)(H2,45,46,47)/t34-,36-,38-,39-,41+,57+/m1/s1. The number of hydrogen-bond acceptors (Lipinski definition) is 13. The number of nitrogens with zero attached hydrogens (tertiary/aromatic N) is 5. The minimum absolute atomic E-state index is 0.0702. The van der Waals surface area contributed by atoms with Crippen molar-refractivity contribution in [1.29, 1.82) is 10.5 Å². The Kier molecular flexibility index (Phi) is 20.4. The number of hydrogen-bond donors (Lipinski definition) is 4. The first-order valence-corrected chi connectivity index (χ1v) is 23.2. The van der Waals surface area contributed by atoms with Gasteiger partial charge < -0.3 is 44.1 Å². The number of nitrogen functional groups attached to an aromatic ring is 1. The molecule has 0 unspecified atom stereocenters. The van der Waals surface area contributed by atoms with Crippen molar-refractivity contribution in [1.82, 2.24) is 14.6 Å². The van der Waals surface area contributed by atoms with Gasteiger partial charge >= 0.3 is 6.72 Å². The van der Waals surface area contributed by atoms with Crippen LogP contribution in [0.15, 0.2) is 36.7 Å². The van der Waals surface area contributed by atoms with E-state index in [1.807, 2.05) is 12.1 Å². The Labute approximate surface area is 346 Å². The molecule has 0 radical (unpaired) electrons. The van der Waals surface area contributed by atoms with Crippen LogP contribution in [-0.2, 0) is 47.3 Å². The number of nitriles is 2. The van der Waals surface area contributed by atoms with Crippen LogP contribution in [0.2, 0.25) is 0 Å². The van der Waals surface area contributed by atoms with Crippen molar-refractivity contribution >= 4 is 29.9 Å². The van der Waals surface area contributed by atoms with E-state index in [1.165, 1.54) is 113 Å². The Bertz CT molecular complexity index is 1830. The van der Waals surface area contributed by atoms with Gasteiger partial charge in [0.25, 0.3) is 0 Å². The summed E-state index contributed by atoms with van der Waals surface area (Å²) in [5.41, 5.74) is 4.90. The van der Waals surface area contributed by atoms with Crippen LogP contribution in [0.3, 0.4) is 0 Å². The lowest BCUT2D eigenvalue weighted by Crippen LogP contribution is -2.41. The number of halogens is 1. The first kappa shape index (κ1) is 47.6. The normalized spacial score (nSPS) is 20.8. The topological polar surface area (TPSA) is 211 Å². The molecule has 4 rings (SSSR count). The Morgan fingerprint density at radius 2 is 1.59 bits per heavy atom. The SMILES string of the molecule is CCCCCCCCCCCCCCCCCCOC[C@H](CO[P@](O)(=S)OC[C@H]1O[C@@](C#N)(c2ccc3c(N)ncnn23)[C@H](O)[C@@H]1O)OCc1cc(F)cc(C#N)c1. The molecule has 5 N–H and O–H groups in total. The van der Waals surface area contributed by atoms with Gasteiger partial charge in [-0.05, 0) is 54.1 Å². The van der Waals surface area contributed by atoms with Gasteiger partial charge in [-0.25, -0.2) is 13.9 Å². The summed E-state index contributed by atoms with van der Waals surface area (Å²) in [5.74, 6) is -0.440. The van der Waals surface area contributed by atoms with Crippen LogP contribution in [0.5, 0.6) is 0 Å². The van der Waals surface area contributed by atoms with Crippen molar-refractivity contribution in [2.45, 2.75) is 146 Å². The Morgan fingerprint density at radius 1 is 0.948 bits per heavy atom. The van der Waals surface area contributed by atoms with Gasteiger partial charge in [0.05, 0.1) is 43.8 Å². The van der Waals surface area contributed by atoms with E-state index in [9.17, 15) is 30.0 Å². The molecular formula is C41H60FN6O8PS. The smallest absolute Gasteiger partial charge is 0.324 e. The molecule has 2 aromatic heterocycles. The Balaban J connectivity index is 1.20. The monoisotopic (exact) mass is 846 g/mol. The van der Waals surface area contributed by atoms with E-state index in [2.05, 4.69) is 17.0 Å². The van der Waals surface area contributed by atoms with E-state index in [1.54, 1.807) is 6.07 Å². The third-order valence-corrected chi connectivity index (χ3v) is 11.9. The molecule has 1 aromatic carbocycles. The van der Waals surface area contributed by atoms with Gasteiger partial charge in [0.15, 0.2) is 5.82 Å². The number of ether oxygens (including phenoxy) is 3. The molecule has 1 saturated heterocycles. The lowest BCUT2D eigenvalue weighted by Gasteiger charge is -2.24. The molecule has 1 aliphatic heterocycles. The fourth-order valence-electron chi connectivity index (χ4n) is 7.06. The highest BCUT2D eigenvalue weighted by Crippen LogP contribution is 2.46. The summed E-state index contributed by atoms with van der Waals surface area (Å²) >= 11 is 5.24. The van der Waals surface area contributed by atoms with Crippen molar-refractivity contribution in [3.63, 3.8) is 0 Å². The maximum Gasteiger partial charge on any atom is 0.324 e. The van der Waals surface area contributed by atoms with Crippen LogP contribution in [0, 0.1) is 28.5 Å². The molecule has 17 heteroatoms. The maximum absolute atomic E-state index is 14.1. The van der Waals surface area contributed by atoms with Gasteiger partial charge in [-0.2, -0.15) is 15.6 Å². The summed E-state index contributed by atoms with van der Waals surface area (Å²) in [4.78, 5) is 14.9. The predicted molar refractivity (Wildman–Crippen MR) is 220 cm³/mol. The maximum atomic E-state index is 14.1. The number of benzene rings is 1. The zero-order chi connectivity index (χ0) is 41.8. The van der Waals surface area contributed by atoms with Crippen molar-refractivity contribution < 1.29 is 42.8 Å². The summed E-state index contributed by atoms with van der Waals surface area (Å²) in [6.07, 6.45) is 16.1. The van der Waals surface area contributed by atoms with Crippen LogP contribution in [0.4, 0.5) is 10.2 Å². The molecule has 3 aromatic rings. The zero-order valence-corrected chi connectivity index (χ0v) is 35.3. The van der Waals surface area contributed by atoms with Crippen LogP contribution >= 0.6 is 6.72 Å². The highest BCUT2D eigenvalue weighted by molar-refractivity contribution is 8.07. The second kappa shape index (κ2) is 24.8. The molecule has 1 fully saturated rings. The first-order chi connectivity index (χ1) is 28.0. The first-order valence-electron chi connectivity index (χ1n) is 20.6. The fraction of sp³-hybridized carbons (Fsp3) is 0.659. The van der Waals surface area contributed by atoms with Crippen molar-refractivity contribution in [2.75, 3.05) is 32.2 Å². The molecule has 3 heterocycles. The number of nitrogens with two attached hydrogens (primary N) is 1. The number of aromatic nitrogens is 3. The third-order valence-electron chi connectivity index (χ3n) is 10.3. The molecule has 0 bridgehead atoms. The molecule has 0 spiro atoms. The Morgan fingerprint density at radius 3 is 2.21 bits per heavy atom. The number of rotatable bonds is 29. The predicted octanol–water partition coefficient (Wildman–Crippen LogP) is 7.28. The molecule has 6 atom stereocenters. The van der Waals surface area contributed by atoms with Crippen LogP contribution < -0.4 is 5.73 Å². The number of anilines is 1. The van der Waals surface area contributed by atoms with Crippen LogP contribution in [0.25, 0.3) is 5.52 Å². The average molecular weight is 847 g/mol. The number of unbranched alkanes of at least 4 members (excludes halogenated alkanes) is 15.